The van der Waals surface area contributed by atoms with Crippen molar-refractivity contribution in [3.8, 4) is 5.75 Å². The van der Waals surface area contributed by atoms with Crippen molar-refractivity contribution in [2.75, 3.05) is 6.61 Å². The van der Waals surface area contributed by atoms with Crippen molar-refractivity contribution in [1.82, 2.24) is 0 Å². The van der Waals surface area contributed by atoms with E-state index in [1.807, 2.05) is 41.5 Å². The van der Waals surface area contributed by atoms with Crippen LogP contribution in [-0.2, 0) is 31.2 Å². The van der Waals surface area contributed by atoms with Gasteiger partial charge in [0.2, 0.25) is 0 Å². The first kappa shape index (κ1) is 22.6. The summed E-state index contributed by atoms with van der Waals surface area (Å²) in [5.41, 5.74) is 0.886. The third-order valence-electron chi connectivity index (χ3n) is 4.40. The second-order valence-corrected chi connectivity index (χ2v) is 10.6. The average Bonchev–Trinajstić information content (AvgIpc) is 2.48. The van der Waals surface area contributed by atoms with E-state index >= 15 is 0 Å². The predicted octanol–water partition coefficient (Wildman–Crippen LogP) is 3.97. The Morgan fingerprint density at radius 1 is 1.08 bits per heavy atom. The highest BCUT2D eigenvalue weighted by molar-refractivity contribution is 7.85. The largest absolute Gasteiger partial charge is 0.507 e. The number of hydrogen-bond acceptors (Lipinski definition) is 4. The zero-order chi connectivity index (χ0) is 20.4. The fourth-order valence-electron chi connectivity index (χ4n) is 2.59. The normalized spacial score (nSPS) is 16.2. The summed E-state index contributed by atoms with van der Waals surface area (Å²) in [5.74, 6) is -0.807. The van der Waals surface area contributed by atoms with Gasteiger partial charge < -0.3 is 14.9 Å². The molecule has 0 heterocycles. The quantitative estimate of drug-likeness (QED) is 0.775. The van der Waals surface area contributed by atoms with Gasteiger partial charge in [0.15, 0.2) is 0 Å². The molecule has 1 rings (SSSR count). The Bertz CT molecular complexity index is 647. The lowest BCUT2D eigenvalue weighted by Crippen LogP contribution is -2.30. The van der Waals surface area contributed by atoms with Crippen LogP contribution in [0.2, 0.25) is 0 Å². The van der Waals surface area contributed by atoms with Crippen molar-refractivity contribution in [3.63, 3.8) is 0 Å². The number of phenols is 1. The van der Waals surface area contributed by atoms with Crippen molar-refractivity contribution in [2.24, 2.45) is 0 Å². The topological polar surface area (TPSA) is 83.8 Å². The number of ether oxygens (including phenoxy) is 1. The van der Waals surface area contributed by atoms with E-state index in [0.29, 0.717) is 4.90 Å². The van der Waals surface area contributed by atoms with E-state index in [1.54, 1.807) is 26.0 Å². The lowest BCUT2D eigenvalue weighted by molar-refractivity contribution is -0.143. The van der Waals surface area contributed by atoms with Crippen LogP contribution in [0.15, 0.2) is 17.0 Å². The van der Waals surface area contributed by atoms with Crippen molar-refractivity contribution in [1.29, 1.82) is 0 Å². The standard InChI is InChI=1S/C20H32O5S/c1-12(25-11-17(21)22)13(2)26(24)14-9-15(19(3,4)5)18(23)16(10-14)20(6,7)8/h9-10,12-13,23H,11H2,1-8H3,(H,21,22)/t12-,13-,26?/m0/s1. The summed E-state index contributed by atoms with van der Waals surface area (Å²) in [6.45, 7) is 15.1. The maximum absolute atomic E-state index is 13.1. The summed E-state index contributed by atoms with van der Waals surface area (Å²) in [6, 6.07) is 3.59. The number of benzene rings is 1. The van der Waals surface area contributed by atoms with Gasteiger partial charge in [-0.05, 0) is 36.8 Å². The molecule has 26 heavy (non-hydrogen) atoms. The van der Waals surface area contributed by atoms with Crippen LogP contribution < -0.4 is 0 Å². The Hall–Kier alpha value is -1.40. The van der Waals surface area contributed by atoms with E-state index in [9.17, 15) is 14.1 Å². The maximum atomic E-state index is 13.1. The minimum atomic E-state index is -1.40. The summed E-state index contributed by atoms with van der Waals surface area (Å²) in [4.78, 5) is 11.3. The Labute approximate surface area is 159 Å². The molecule has 148 valence electrons. The van der Waals surface area contributed by atoms with E-state index in [-0.39, 0.29) is 21.8 Å². The van der Waals surface area contributed by atoms with Crippen LogP contribution in [0.5, 0.6) is 5.75 Å². The third-order valence-corrected chi connectivity index (χ3v) is 6.16. The first-order valence-corrected chi connectivity index (χ1v) is 9.99. The van der Waals surface area contributed by atoms with Crippen LogP contribution in [0.1, 0.15) is 66.5 Å². The van der Waals surface area contributed by atoms with Gasteiger partial charge in [-0.2, -0.15) is 0 Å². The smallest absolute Gasteiger partial charge is 0.329 e. The van der Waals surface area contributed by atoms with Crippen LogP contribution in [0, 0.1) is 0 Å². The van der Waals surface area contributed by atoms with Crippen molar-refractivity contribution < 1.29 is 24.0 Å². The average molecular weight is 385 g/mol. The molecule has 0 aliphatic rings. The summed E-state index contributed by atoms with van der Waals surface area (Å²) >= 11 is 0. The highest BCUT2D eigenvalue weighted by Crippen LogP contribution is 2.40. The third kappa shape index (κ3) is 5.55. The van der Waals surface area contributed by atoms with E-state index in [1.165, 1.54) is 0 Å². The Morgan fingerprint density at radius 3 is 1.85 bits per heavy atom. The molecule has 6 heteroatoms. The van der Waals surface area contributed by atoms with Crippen LogP contribution in [0.25, 0.3) is 0 Å². The van der Waals surface area contributed by atoms with Gasteiger partial charge in [0, 0.05) is 16.0 Å². The van der Waals surface area contributed by atoms with Gasteiger partial charge in [0.25, 0.3) is 0 Å². The lowest BCUT2D eigenvalue weighted by atomic mass is 9.79. The van der Waals surface area contributed by atoms with Crippen molar-refractivity contribution in [2.45, 2.75) is 82.5 Å². The number of rotatable bonds is 6. The van der Waals surface area contributed by atoms with E-state index in [0.717, 1.165) is 11.1 Å². The molecule has 0 fully saturated rings. The number of phenolic OH excluding ortho intramolecular Hbond substituents is 1. The highest BCUT2D eigenvalue weighted by Gasteiger charge is 2.29. The molecule has 0 radical (unpaired) electrons. The number of aromatic hydroxyl groups is 1. The fourth-order valence-corrected chi connectivity index (χ4v) is 3.92. The molecule has 0 aliphatic carbocycles. The second-order valence-electron chi connectivity index (χ2n) is 8.78. The number of carboxylic acid groups (broad SMARTS) is 1. The zero-order valence-electron chi connectivity index (χ0n) is 17.0. The molecule has 1 aromatic carbocycles. The summed E-state index contributed by atoms with van der Waals surface area (Å²) in [6.07, 6.45) is -0.475. The minimum Gasteiger partial charge on any atom is -0.507 e. The summed E-state index contributed by atoms with van der Waals surface area (Å²) in [5, 5.41) is 19.1. The monoisotopic (exact) mass is 384 g/mol. The molecule has 0 aromatic heterocycles. The highest BCUT2D eigenvalue weighted by atomic mass is 32.2. The molecule has 2 N–H and O–H groups in total. The van der Waals surface area contributed by atoms with Crippen molar-refractivity contribution >= 4 is 16.8 Å². The molecule has 0 saturated heterocycles. The Morgan fingerprint density at radius 2 is 1.50 bits per heavy atom. The molecule has 0 amide bonds. The molecular formula is C20H32O5S. The van der Waals surface area contributed by atoms with Gasteiger partial charge in [-0.15, -0.1) is 0 Å². The Balaban J connectivity index is 3.35. The molecular weight excluding hydrogens is 352 g/mol. The number of carboxylic acids is 1. The van der Waals surface area contributed by atoms with Gasteiger partial charge >= 0.3 is 5.97 Å². The SMILES string of the molecule is C[C@H](OCC(=O)O)[C@H](C)S(=O)c1cc(C(C)(C)C)c(O)c(C(C)(C)C)c1. The van der Waals surface area contributed by atoms with E-state index in [2.05, 4.69) is 0 Å². The molecule has 1 aromatic rings. The van der Waals surface area contributed by atoms with E-state index in [4.69, 9.17) is 9.84 Å². The van der Waals surface area contributed by atoms with Crippen LogP contribution in [-0.4, -0.2) is 38.4 Å². The number of hydrogen-bond donors (Lipinski definition) is 2. The second kappa shape index (κ2) is 8.09. The zero-order valence-corrected chi connectivity index (χ0v) is 17.9. The molecule has 0 aliphatic heterocycles. The van der Waals surface area contributed by atoms with Crippen LogP contribution >= 0.6 is 0 Å². The predicted molar refractivity (Wildman–Crippen MR) is 104 cm³/mol. The molecule has 1 unspecified atom stereocenters. The van der Waals surface area contributed by atoms with Gasteiger partial charge in [-0.1, -0.05) is 41.5 Å². The number of carbonyl (C=O) groups is 1. The first-order valence-electron chi connectivity index (χ1n) is 8.78. The molecule has 5 nitrogen and oxygen atoms in total. The van der Waals surface area contributed by atoms with Crippen LogP contribution in [0.3, 0.4) is 0 Å². The molecule has 0 bridgehead atoms. The Kier molecular flexibility index (Phi) is 7.04. The number of aliphatic carboxylic acids is 1. The molecule has 0 saturated carbocycles. The lowest BCUT2D eigenvalue weighted by Gasteiger charge is -2.29. The van der Waals surface area contributed by atoms with Crippen molar-refractivity contribution in [3.05, 3.63) is 23.3 Å². The van der Waals surface area contributed by atoms with Gasteiger partial charge in [0.05, 0.1) is 22.2 Å². The van der Waals surface area contributed by atoms with Gasteiger partial charge in [-0.3, -0.25) is 4.21 Å². The van der Waals surface area contributed by atoms with Gasteiger partial charge in [0.1, 0.15) is 12.4 Å². The van der Waals surface area contributed by atoms with Crippen LogP contribution in [0.4, 0.5) is 0 Å². The fraction of sp³-hybridized carbons (Fsp3) is 0.650. The summed E-state index contributed by atoms with van der Waals surface area (Å²) < 4.78 is 18.4. The first-order chi connectivity index (χ1) is 11.7. The minimum absolute atomic E-state index is 0.244. The maximum Gasteiger partial charge on any atom is 0.329 e. The van der Waals surface area contributed by atoms with Gasteiger partial charge in [-0.25, -0.2) is 4.79 Å². The molecule has 3 atom stereocenters. The summed E-state index contributed by atoms with van der Waals surface area (Å²) in [7, 11) is -1.40. The molecule has 0 spiro atoms. The van der Waals surface area contributed by atoms with E-state index < -0.39 is 29.5 Å².